The molecule has 3 aromatic rings. The lowest BCUT2D eigenvalue weighted by atomic mass is 9.72. The number of nitrogens with one attached hydrogen (secondary N) is 1. The Morgan fingerprint density at radius 3 is 2.81 bits per heavy atom. The largest absolute Gasteiger partial charge is 0.490 e. The Bertz CT molecular complexity index is 1250. The van der Waals surface area contributed by atoms with Crippen molar-refractivity contribution in [3.63, 3.8) is 0 Å². The highest BCUT2D eigenvalue weighted by Gasteiger charge is 2.33. The van der Waals surface area contributed by atoms with Crippen molar-refractivity contribution in [1.82, 2.24) is 5.32 Å². The molecule has 1 aliphatic rings. The number of benzene rings is 1. The standard InChI is InChI=1S/C30H36N2O4S/c1-6-14-36-24-13-10-20(16-25(24)34-7-2)18-32-29-27(28(33)31-19-22-9-8-15-35-22)23-12-11-21(30(3,4)5)17-26(23)37-29/h6,8-10,13,15-16,18,21H,1,7,11-12,14,17,19H2,2-5H3,(H,31,33)/t21-/m1/s1. The SMILES string of the molecule is C=CCOc1ccc(C=Nc2sc3c(c2C(=O)NCc2ccco2)CC[C@@H](C(C)(C)C)C3)cc1OCC. The van der Waals surface area contributed by atoms with Crippen molar-refractivity contribution in [3.05, 3.63) is 76.6 Å². The maximum absolute atomic E-state index is 13.4. The first-order chi connectivity index (χ1) is 17.8. The molecule has 0 aliphatic heterocycles. The summed E-state index contributed by atoms with van der Waals surface area (Å²) < 4.78 is 16.9. The Kier molecular flexibility index (Phi) is 8.54. The highest BCUT2D eigenvalue weighted by Crippen LogP contribution is 2.45. The fourth-order valence-electron chi connectivity index (χ4n) is 4.58. The molecule has 0 unspecified atom stereocenters. The Morgan fingerprint density at radius 2 is 2.11 bits per heavy atom. The molecule has 1 aromatic carbocycles. The predicted molar refractivity (Wildman–Crippen MR) is 150 cm³/mol. The van der Waals surface area contributed by atoms with Crippen molar-refractivity contribution in [2.45, 2.75) is 53.5 Å². The van der Waals surface area contributed by atoms with Crippen molar-refractivity contribution >= 4 is 28.5 Å². The number of thiophene rings is 1. The van der Waals surface area contributed by atoms with Gasteiger partial charge < -0.3 is 19.2 Å². The monoisotopic (exact) mass is 520 g/mol. The molecule has 6 nitrogen and oxygen atoms in total. The number of hydrogen-bond donors (Lipinski definition) is 1. The second kappa shape index (κ2) is 11.8. The minimum atomic E-state index is -0.113. The second-order valence-corrected chi connectivity index (χ2v) is 11.3. The second-order valence-electron chi connectivity index (χ2n) is 10.2. The lowest BCUT2D eigenvalue weighted by molar-refractivity contribution is 0.0947. The number of amides is 1. The van der Waals surface area contributed by atoms with E-state index in [2.05, 4.69) is 32.7 Å². The molecule has 196 valence electrons. The van der Waals surface area contributed by atoms with Crippen LogP contribution in [0, 0.1) is 11.3 Å². The fourth-order valence-corrected chi connectivity index (χ4v) is 5.85. The quantitative estimate of drug-likeness (QED) is 0.228. The lowest BCUT2D eigenvalue weighted by Gasteiger charge is -2.33. The van der Waals surface area contributed by atoms with Gasteiger partial charge in [0.25, 0.3) is 5.91 Å². The number of carbonyl (C=O) groups is 1. The van der Waals surface area contributed by atoms with Gasteiger partial charge in [-0.25, -0.2) is 4.99 Å². The first-order valence-electron chi connectivity index (χ1n) is 12.8. The van der Waals surface area contributed by atoms with E-state index in [1.165, 1.54) is 4.88 Å². The number of hydrogen-bond acceptors (Lipinski definition) is 6. The van der Waals surface area contributed by atoms with Gasteiger partial charge in [0, 0.05) is 11.1 Å². The molecule has 4 rings (SSSR count). The number of aliphatic imine (C=N–C) groups is 1. The summed E-state index contributed by atoms with van der Waals surface area (Å²) in [6, 6.07) is 9.39. The third kappa shape index (κ3) is 6.52. The third-order valence-corrected chi connectivity index (χ3v) is 7.82. The molecule has 37 heavy (non-hydrogen) atoms. The van der Waals surface area contributed by atoms with Crippen molar-refractivity contribution in [3.8, 4) is 11.5 Å². The zero-order chi connectivity index (χ0) is 26.4. The number of fused-ring (bicyclic) bond motifs is 1. The summed E-state index contributed by atoms with van der Waals surface area (Å²) in [5.74, 6) is 2.50. The van der Waals surface area contributed by atoms with E-state index < -0.39 is 0 Å². The molecule has 1 amide bonds. The van der Waals surface area contributed by atoms with Crippen LogP contribution in [0.25, 0.3) is 0 Å². The van der Waals surface area contributed by atoms with Crippen LogP contribution in [0.15, 0.2) is 58.7 Å². The van der Waals surface area contributed by atoms with Crippen LogP contribution in [0.1, 0.15) is 66.2 Å². The number of furan rings is 1. The molecule has 1 atom stereocenters. The Morgan fingerprint density at radius 1 is 1.27 bits per heavy atom. The van der Waals surface area contributed by atoms with Crippen LogP contribution < -0.4 is 14.8 Å². The number of nitrogens with zero attached hydrogens (tertiary/aromatic N) is 1. The van der Waals surface area contributed by atoms with E-state index in [1.54, 1.807) is 29.9 Å². The Labute approximate surface area is 223 Å². The fraction of sp³-hybridized carbons (Fsp3) is 0.400. The van der Waals surface area contributed by atoms with Crippen LogP contribution in [0.5, 0.6) is 11.5 Å². The number of ether oxygens (including phenoxy) is 2. The molecule has 0 bridgehead atoms. The summed E-state index contributed by atoms with van der Waals surface area (Å²) in [5, 5.41) is 3.76. The molecule has 0 saturated carbocycles. The zero-order valence-corrected chi connectivity index (χ0v) is 23.0. The molecule has 1 N–H and O–H groups in total. The summed E-state index contributed by atoms with van der Waals surface area (Å²) in [7, 11) is 0. The van der Waals surface area contributed by atoms with E-state index in [0.717, 1.165) is 41.2 Å². The molecule has 0 spiro atoms. The summed E-state index contributed by atoms with van der Waals surface area (Å²) >= 11 is 1.63. The topological polar surface area (TPSA) is 73.1 Å². The van der Waals surface area contributed by atoms with Gasteiger partial charge in [0.1, 0.15) is 17.4 Å². The average Bonchev–Trinajstić information content (AvgIpc) is 3.52. The van der Waals surface area contributed by atoms with Crippen LogP contribution >= 0.6 is 11.3 Å². The van der Waals surface area contributed by atoms with Gasteiger partial charge in [0.05, 0.1) is 25.0 Å². The molecule has 2 heterocycles. The van der Waals surface area contributed by atoms with Gasteiger partial charge in [-0.15, -0.1) is 11.3 Å². The van der Waals surface area contributed by atoms with Crippen molar-refractivity contribution in [1.29, 1.82) is 0 Å². The first-order valence-corrected chi connectivity index (χ1v) is 13.6. The first kappa shape index (κ1) is 26.7. The van der Waals surface area contributed by atoms with E-state index in [9.17, 15) is 4.79 Å². The smallest absolute Gasteiger partial charge is 0.255 e. The van der Waals surface area contributed by atoms with Gasteiger partial charge in [-0.3, -0.25) is 4.79 Å². The van der Waals surface area contributed by atoms with Crippen molar-refractivity contribution in [2.24, 2.45) is 16.3 Å². The van der Waals surface area contributed by atoms with Gasteiger partial charge in [0.15, 0.2) is 11.5 Å². The van der Waals surface area contributed by atoms with Crippen LogP contribution in [-0.2, 0) is 19.4 Å². The minimum absolute atomic E-state index is 0.113. The molecule has 2 aromatic heterocycles. The van der Waals surface area contributed by atoms with E-state index >= 15 is 0 Å². The van der Waals surface area contributed by atoms with Crippen LogP contribution in [0.3, 0.4) is 0 Å². The summed E-state index contributed by atoms with van der Waals surface area (Å²) in [4.78, 5) is 19.5. The van der Waals surface area contributed by atoms with E-state index in [4.69, 9.17) is 18.9 Å². The van der Waals surface area contributed by atoms with E-state index in [0.29, 0.717) is 42.7 Å². The highest BCUT2D eigenvalue weighted by molar-refractivity contribution is 7.16. The maximum atomic E-state index is 13.4. The van der Waals surface area contributed by atoms with Gasteiger partial charge in [0.2, 0.25) is 0 Å². The molecule has 7 heteroatoms. The molecule has 0 saturated heterocycles. The Balaban J connectivity index is 1.64. The molecule has 1 aliphatic carbocycles. The van der Waals surface area contributed by atoms with Gasteiger partial charge >= 0.3 is 0 Å². The molecular formula is C30H36N2O4S. The summed E-state index contributed by atoms with van der Waals surface area (Å²) in [6.07, 6.45) is 8.03. The summed E-state index contributed by atoms with van der Waals surface area (Å²) in [6.45, 7) is 13.8. The number of carbonyl (C=O) groups excluding carboxylic acids is 1. The molecular weight excluding hydrogens is 484 g/mol. The highest BCUT2D eigenvalue weighted by atomic mass is 32.1. The molecule has 0 fully saturated rings. The van der Waals surface area contributed by atoms with Gasteiger partial charge in [-0.05, 0) is 79.0 Å². The summed E-state index contributed by atoms with van der Waals surface area (Å²) in [5.41, 5.74) is 2.91. The maximum Gasteiger partial charge on any atom is 0.255 e. The van der Waals surface area contributed by atoms with Gasteiger partial charge in [-0.1, -0.05) is 33.4 Å². The minimum Gasteiger partial charge on any atom is -0.490 e. The molecule has 0 radical (unpaired) electrons. The van der Waals surface area contributed by atoms with Crippen LogP contribution in [-0.4, -0.2) is 25.3 Å². The van der Waals surface area contributed by atoms with Gasteiger partial charge in [-0.2, -0.15) is 0 Å². The number of rotatable bonds is 10. The van der Waals surface area contributed by atoms with Crippen LogP contribution in [0.4, 0.5) is 5.00 Å². The van der Waals surface area contributed by atoms with Crippen molar-refractivity contribution in [2.75, 3.05) is 13.2 Å². The van der Waals surface area contributed by atoms with E-state index in [-0.39, 0.29) is 11.3 Å². The Hall–Kier alpha value is -3.32. The van der Waals surface area contributed by atoms with E-state index in [1.807, 2.05) is 37.3 Å². The van der Waals surface area contributed by atoms with Crippen LogP contribution in [0.2, 0.25) is 0 Å². The van der Waals surface area contributed by atoms with Crippen molar-refractivity contribution < 1.29 is 18.7 Å². The zero-order valence-electron chi connectivity index (χ0n) is 22.1. The third-order valence-electron chi connectivity index (χ3n) is 6.66. The normalized spacial score (nSPS) is 15.4. The average molecular weight is 521 g/mol. The lowest BCUT2D eigenvalue weighted by Crippen LogP contribution is -2.28. The predicted octanol–water partition coefficient (Wildman–Crippen LogP) is 7.14.